The van der Waals surface area contributed by atoms with E-state index in [9.17, 15) is 9.59 Å². The highest BCUT2D eigenvalue weighted by atomic mass is 16.5. The van der Waals surface area contributed by atoms with E-state index in [0.29, 0.717) is 17.2 Å². The van der Waals surface area contributed by atoms with Crippen LogP contribution in [0.1, 0.15) is 10.5 Å². The van der Waals surface area contributed by atoms with Crippen LogP contribution in [0.5, 0.6) is 0 Å². The van der Waals surface area contributed by atoms with E-state index < -0.39 is 11.5 Å². The maximum absolute atomic E-state index is 12.1. The van der Waals surface area contributed by atoms with Crippen LogP contribution in [0.2, 0.25) is 0 Å². The summed E-state index contributed by atoms with van der Waals surface area (Å²) < 4.78 is 11.5. The van der Waals surface area contributed by atoms with Crippen molar-refractivity contribution >= 4 is 22.7 Å². The van der Waals surface area contributed by atoms with Gasteiger partial charge in [0.05, 0.1) is 0 Å². The highest BCUT2D eigenvalue weighted by molar-refractivity contribution is 6.01. The molecule has 8 nitrogen and oxygen atoms in total. The number of rotatable bonds is 3. The highest BCUT2D eigenvalue weighted by Gasteiger charge is 2.26. The number of aromatic nitrogens is 3. The molecule has 2 heterocycles. The van der Waals surface area contributed by atoms with Gasteiger partial charge < -0.3 is 9.73 Å². The fourth-order valence-electron chi connectivity index (χ4n) is 2.47. The number of nitrogens with one attached hydrogen (secondary N) is 2. The van der Waals surface area contributed by atoms with Crippen molar-refractivity contribution in [3.8, 4) is 11.5 Å². The monoisotopic (exact) mass is 337 g/mol. The van der Waals surface area contributed by atoms with E-state index in [1.165, 1.54) is 11.7 Å². The summed E-state index contributed by atoms with van der Waals surface area (Å²) in [6.45, 7) is 0. The second-order valence-corrected chi connectivity index (χ2v) is 5.41. The lowest BCUT2D eigenvalue weighted by molar-refractivity contribution is -0.741. The van der Waals surface area contributed by atoms with Gasteiger partial charge in [-0.15, -0.1) is 0 Å². The summed E-state index contributed by atoms with van der Waals surface area (Å²) in [5.74, 6) is -0.0659. The number of oxazole rings is 1. The average molecular weight is 337 g/mol. The van der Waals surface area contributed by atoms with Gasteiger partial charge in [-0.05, 0) is 41.7 Å². The van der Waals surface area contributed by atoms with Crippen LogP contribution in [-0.2, 0) is 7.05 Å². The molecule has 2 N–H and O–H groups in total. The first-order valence-electron chi connectivity index (χ1n) is 7.47. The van der Waals surface area contributed by atoms with Crippen molar-refractivity contribution < 1.29 is 18.4 Å². The number of nitrogens with zero attached hydrogens (tertiary/aromatic N) is 2. The molecule has 0 radical (unpaired) electrons. The highest BCUT2D eigenvalue weighted by Crippen LogP contribution is 2.25. The van der Waals surface area contributed by atoms with Crippen molar-refractivity contribution in [2.24, 2.45) is 7.05 Å². The zero-order valence-electron chi connectivity index (χ0n) is 13.1. The summed E-state index contributed by atoms with van der Waals surface area (Å²) in [4.78, 5) is 28.1. The van der Waals surface area contributed by atoms with Gasteiger partial charge in [-0.1, -0.05) is 16.8 Å². The summed E-state index contributed by atoms with van der Waals surface area (Å²) in [7, 11) is 1.51. The zero-order chi connectivity index (χ0) is 17.4. The molecule has 0 aliphatic carbocycles. The molecular weight excluding hydrogens is 324 g/mol. The van der Waals surface area contributed by atoms with Crippen LogP contribution in [0.25, 0.3) is 22.6 Å². The predicted molar refractivity (Wildman–Crippen MR) is 87.9 cm³/mol. The number of fused-ring (bicyclic) bond motifs is 1. The van der Waals surface area contributed by atoms with Crippen molar-refractivity contribution in [2.75, 3.05) is 5.32 Å². The summed E-state index contributed by atoms with van der Waals surface area (Å²) >= 11 is 0. The van der Waals surface area contributed by atoms with Crippen molar-refractivity contribution in [3.05, 3.63) is 64.6 Å². The molecule has 4 rings (SSSR count). The second kappa shape index (κ2) is 5.75. The summed E-state index contributed by atoms with van der Waals surface area (Å²) in [5, 5.41) is 4.94. The smallest absolute Gasteiger partial charge is 0.436 e. The number of amides is 1. The molecule has 0 spiro atoms. The molecule has 0 fully saturated rings. The molecule has 0 aliphatic heterocycles. The van der Waals surface area contributed by atoms with E-state index >= 15 is 0 Å². The lowest BCUT2D eigenvalue weighted by Crippen LogP contribution is -2.41. The Hall–Kier alpha value is -3.68. The van der Waals surface area contributed by atoms with Crippen LogP contribution < -0.4 is 15.6 Å². The van der Waals surface area contributed by atoms with E-state index in [1.807, 2.05) is 24.3 Å². The zero-order valence-corrected chi connectivity index (χ0v) is 13.1. The largest absolute Gasteiger partial charge is 0.440 e. The van der Waals surface area contributed by atoms with E-state index in [-0.39, 0.29) is 5.69 Å². The molecule has 8 heteroatoms. The summed E-state index contributed by atoms with van der Waals surface area (Å²) in [6, 6.07) is 14.5. The van der Waals surface area contributed by atoms with Crippen molar-refractivity contribution in [1.29, 1.82) is 0 Å². The quantitative estimate of drug-likeness (QED) is 0.555. The molecule has 0 atom stereocenters. The number of hydrogen-bond acceptors (Lipinski definition) is 5. The van der Waals surface area contributed by atoms with Gasteiger partial charge in [-0.3, -0.25) is 9.32 Å². The first-order chi connectivity index (χ1) is 12.1. The fourth-order valence-corrected chi connectivity index (χ4v) is 2.47. The molecule has 4 aromatic rings. The first kappa shape index (κ1) is 14.9. The standard InChI is InChI=1S/C17H12N4O4/c1-21-14(17(23)25-20-21)15(22)18-11-8-6-10(7-9-11)16-19-12-4-2-3-5-13(12)24-16/h2-9H,1H3,(H-,18,19,20,22,23)/p+1. The van der Waals surface area contributed by atoms with Crippen LogP contribution >= 0.6 is 0 Å². The Morgan fingerprint density at radius 3 is 2.60 bits per heavy atom. The summed E-state index contributed by atoms with van der Waals surface area (Å²) in [6.07, 6.45) is 0. The minimum Gasteiger partial charge on any atom is -0.436 e. The van der Waals surface area contributed by atoms with Crippen LogP contribution in [-0.4, -0.2) is 16.2 Å². The maximum atomic E-state index is 12.1. The molecule has 0 bridgehead atoms. The Balaban J connectivity index is 1.58. The number of carbonyl (C=O) groups excluding carboxylic acids is 1. The van der Waals surface area contributed by atoms with Gasteiger partial charge in [-0.2, -0.15) is 0 Å². The van der Waals surface area contributed by atoms with Gasteiger partial charge in [0.15, 0.2) is 12.6 Å². The third kappa shape index (κ3) is 2.69. The topological polar surface area (TPSA) is 105 Å². The predicted octanol–water partition coefficient (Wildman–Crippen LogP) is 1.85. The van der Waals surface area contributed by atoms with Crippen molar-refractivity contribution in [1.82, 2.24) is 10.3 Å². The molecule has 0 unspecified atom stereocenters. The SMILES string of the molecule is C[n+]1[nH]oc(=O)c1C(=O)Nc1ccc(-c2nc3ccccc3o2)cc1. The van der Waals surface area contributed by atoms with Gasteiger partial charge in [0, 0.05) is 11.3 Å². The van der Waals surface area contributed by atoms with Gasteiger partial charge in [0.2, 0.25) is 5.89 Å². The van der Waals surface area contributed by atoms with Crippen LogP contribution in [0.3, 0.4) is 0 Å². The molecular formula is C17H13N4O4+. The number of para-hydroxylation sites is 2. The maximum Gasteiger partial charge on any atom is 0.440 e. The van der Waals surface area contributed by atoms with Gasteiger partial charge in [-0.25, -0.2) is 9.78 Å². The Morgan fingerprint density at radius 1 is 1.16 bits per heavy atom. The molecule has 25 heavy (non-hydrogen) atoms. The minimum atomic E-state index is -0.733. The number of aromatic amines is 1. The molecule has 0 aliphatic rings. The average Bonchev–Trinajstić information content (AvgIpc) is 3.18. The molecule has 0 saturated heterocycles. The van der Waals surface area contributed by atoms with Crippen LogP contribution in [0.4, 0.5) is 5.69 Å². The lowest BCUT2D eigenvalue weighted by atomic mass is 10.2. The van der Waals surface area contributed by atoms with E-state index in [4.69, 9.17) is 4.42 Å². The molecule has 0 saturated carbocycles. The Morgan fingerprint density at radius 2 is 1.92 bits per heavy atom. The normalized spacial score (nSPS) is 10.9. The minimum absolute atomic E-state index is 0.122. The number of benzene rings is 2. The summed E-state index contributed by atoms with van der Waals surface area (Å²) in [5.41, 5.74) is 1.95. The number of hydrogen-bond donors (Lipinski definition) is 2. The van der Waals surface area contributed by atoms with Crippen molar-refractivity contribution in [3.63, 3.8) is 0 Å². The first-order valence-corrected chi connectivity index (χ1v) is 7.47. The molecule has 124 valence electrons. The van der Waals surface area contributed by atoms with Gasteiger partial charge in [0.25, 0.3) is 0 Å². The third-order valence-corrected chi connectivity index (χ3v) is 3.70. The van der Waals surface area contributed by atoms with Gasteiger partial charge >= 0.3 is 17.2 Å². The molecule has 2 aromatic heterocycles. The van der Waals surface area contributed by atoms with Crippen LogP contribution in [0, 0.1) is 0 Å². The second-order valence-electron chi connectivity index (χ2n) is 5.41. The molecule has 2 aromatic carbocycles. The molecule has 1 amide bonds. The van der Waals surface area contributed by atoms with E-state index in [1.54, 1.807) is 24.3 Å². The van der Waals surface area contributed by atoms with Crippen LogP contribution in [0.15, 0.2) is 62.3 Å². The Kier molecular flexibility index (Phi) is 3.42. The number of aryl methyl sites for hydroxylation is 1. The van der Waals surface area contributed by atoms with E-state index in [2.05, 4.69) is 20.1 Å². The third-order valence-electron chi connectivity index (χ3n) is 3.70. The fraction of sp³-hybridized carbons (Fsp3) is 0.0588. The number of anilines is 1. The Bertz CT molecular complexity index is 1090. The Labute approximate surface area is 140 Å². The van der Waals surface area contributed by atoms with Gasteiger partial charge in [0.1, 0.15) is 5.52 Å². The number of carbonyl (C=O) groups is 1. The van der Waals surface area contributed by atoms with Crippen molar-refractivity contribution in [2.45, 2.75) is 0 Å². The number of H-pyrrole nitrogens is 1. The van der Waals surface area contributed by atoms with E-state index in [0.717, 1.165) is 11.1 Å². The lowest BCUT2D eigenvalue weighted by Gasteiger charge is -2.02.